The predicted octanol–water partition coefficient (Wildman–Crippen LogP) is 4.68. The number of pyridine rings is 1. The van der Waals surface area contributed by atoms with E-state index in [1.165, 1.54) is 5.57 Å². The highest BCUT2D eigenvalue weighted by Crippen LogP contribution is 2.34. The van der Waals surface area contributed by atoms with Crippen LogP contribution in [0.2, 0.25) is 5.02 Å². The largest absolute Gasteiger partial charge is 0.481 e. The highest BCUT2D eigenvalue weighted by Gasteiger charge is 2.27. The van der Waals surface area contributed by atoms with Crippen molar-refractivity contribution in [1.82, 2.24) is 9.97 Å². The molecule has 0 saturated carbocycles. The topological polar surface area (TPSA) is 105 Å². The van der Waals surface area contributed by atoms with Crippen molar-refractivity contribution in [1.29, 1.82) is 0 Å². The van der Waals surface area contributed by atoms with Gasteiger partial charge < -0.3 is 24.7 Å². The van der Waals surface area contributed by atoms with Gasteiger partial charge in [-0.05, 0) is 36.5 Å². The lowest BCUT2D eigenvalue weighted by atomic mass is 9.86. The fraction of sp³-hybridized carbons (Fsp3) is 0.360. The van der Waals surface area contributed by atoms with Crippen LogP contribution in [0.4, 0.5) is 0 Å². The van der Waals surface area contributed by atoms with Gasteiger partial charge in [0.1, 0.15) is 6.10 Å². The third-order valence-electron chi connectivity index (χ3n) is 6.36. The third-order valence-corrected chi connectivity index (χ3v) is 6.65. The van der Waals surface area contributed by atoms with Crippen molar-refractivity contribution in [3.05, 3.63) is 53.1 Å². The first-order valence-electron chi connectivity index (χ1n) is 11.1. The molecule has 3 atom stereocenters. The summed E-state index contributed by atoms with van der Waals surface area (Å²) in [5, 5.41) is 18.9. The first-order valence-corrected chi connectivity index (χ1v) is 11.5. The number of nitrogens with zero attached hydrogens (tertiary/aromatic N) is 1. The van der Waals surface area contributed by atoms with Gasteiger partial charge in [0.15, 0.2) is 5.88 Å². The lowest BCUT2D eigenvalue weighted by Gasteiger charge is -2.19. The first kappa shape index (κ1) is 21.9. The van der Waals surface area contributed by atoms with Crippen LogP contribution >= 0.6 is 11.6 Å². The Labute approximate surface area is 196 Å². The molecule has 3 aromatic rings. The molecule has 3 heterocycles. The molecule has 5 rings (SSSR count). The molecule has 172 valence electrons. The van der Waals surface area contributed by atoms with Crippen molar-refractivity contribution >= 4 is 34.2 Å². The first-order chi connectivity index (χ1) is 16.0. The Kier molecular flexibility index (Phi) is 6.10. The third kappa shape index (κ3) is 4.62. The second kappa shape index (κ2) is 9.17. The van der Waals surface area contributed by atoms with Gasteiger partial charge in [0.05, 0.1) is 47.0 Å². The van der Waals surface area contributed by atoms with Gasteiger partial charge in [0.2, 0.25) is 0 Å². The number of aliphatic hydroxyl groups excluding tert-OH is 1. The highest BCUT2D eigenvalue weighted by molar-refractivity contribution is 6.33. The monoisotopic (exact) mass is 468 g/mol. The molecular formula is C25H25ClN2O5. The number of hydrogen-bond donors (Lipinski definition) is 3. The van der Waals surface area contributed by atoms with Gasteiger partial charge in [-0.1, -0.05) is 41.9 Å². The minimum absolute atomic E-state index is 0.00792. The molecule has 1 fully saturated rings. The predicted molar refractivity (Wildman–Crippen MR) is 125 cm³/mol. The second-order valence-corrected chi connectivity index (χ2v) is 9.02. The van der Waals surface area contributed by atoms with Crippen LogP contribution in [0.1, 0.15) is 31.2 Å². The van der Waals surface area contributed by atoms with E-state index in [1.807, 2.05) is 42.5 Å². The van der Waals surface area contributed by atoms with E-state index in [1.54, 1.807) is 0 Å². The summed E-state index contributed by atoms with van der Waals surface area (Å²) in [6.07, 6.45) is 4.39. The minimum atomic E-state index is -0.721. The quantitative estimate of drug-likeness (QED) is 0.485. The summed E-state index contributed by atoms with van der Waals surface area (Å²) in [6, 6.07) is 11.8. The maximum atomic E-state index is 11.2. The van der Waals surface area contributed by atoms with Crippen LogP contribution in [-0.4, -0.2) is 51.6 Å². The second-order valence-electron chi connectivity index (χ2n) is 8.61. The Morgan fingerprint density at radius 1 is 1.24 bits per heavy atom. The number of H-pyrrole nitrogens is 1. The maximum Gasteiger partial charge on any atom is 0.306 e. The fourth-order valence-corrected chi connectivity index (χ4v) is 4.76. The van der Waals surface area contributed by atoms with Gasteiger partial charge in [-0.3, -0.25) is 4.79 Å². The average Bonchev–Trinajstić information content (AvgIpc) is 3.44. The molecular weight excluding hydrogens is 444 g/mol. The maximum absolute atomic E-state index is 11.2. The van der Waals surface area contributed by atoms with Gasteiger partial charge in [0.25, 0.3) is 0 Å². The molecule has 1 aromatic carbocycles. The van der Waals surface area contributed by atoms with Crippen LogP contribution in [0.3, 0.4) is 0 Å². The summed E-state index contributed by atoms with van der Waals surface area (Å²) in [5.41, 5.74) is 5.41. The number of nitrogens with one attached hydrogen (secondary N) is 1. The molecule has 33 heavy (non-hydrogen) atoms. The Hall–Kier alpha value is -2.87. The van der Waals surface area contributed by atoms with Crippen LogP contribution in [-0.2, 0) is 9.53 Å². The van der Waals surface area contributed by atoms with E-state index < -0.39 is 5.97 Å². The number of ether oxygens (including phenoxy) is 2. The van der Waals surface area contributed by atoms with Crippen molar-refractivity contribution in [2.75, 3.05) is 13.2 Å². The number of aliphatic carboxylic acids is 1. The van der Waals surface area contributed by atoms with E-state index in [-0.39, 0.29) is 24.7 Å². The number of carboxylic acids is 1. The number of aromatic nitrogens is 2. The van der Waals surface area contributed by atoms with Crippen LogP contribution in [0, 0.1) is 5.92 Å². The summed E-state index contributed by atoms with van der Waals surface area (Å²) in [5.74, 6) is -0.409. The van der Waals surface area contributed by atoms with Crippen LogP contribution in [0.25, 0.3) is 27.9 Å². The summed E-state index contributed by atoms with van der Waals surface area (Å²) in [7, 11) is 0. The number of allylic oxidation sites excluding steroid dienone is 2. The van der Waals surface area contributed by atoms with E-state index in [2.05, 4.69) is 4.98 Å². The summed E-state index contributed by atoms with van der Waals surface area (Å²) in [4.78, 5) is 19.1. The minimum Gasteiger partial charge on any atom is -0.481 e. The van der Waals surface area contributed by atoms with Crippen molar-refractivity contribution in [2.24, 2.45) is 5.92 Å². The van der Waals surface area contributed by atoms with Crippen molar-refractivity contribution in [3.8, 4) is 17.1 Å². The number of halogens is 1. The van der Waals surface area contributed by atoms with E-state index in [0.717, 1.165) is 28.6 Å². The molecule has 0 bridgehead atoms. The van der Waals surface area contributed by atoms with E-state index in [0.29, 0.717) is 42.5 Å². The molecule has 1 aliphatic carbocycles. The fourth-order valence-electron chi connectivity index (χ4n) is 4.50. The molecule has 1 saturated heterocycles. The Morgan fingerprint density at radius 3 is 2.70 bits per heavy atom. The van der Waals surface area contributed by atoms with Crippen molar-refractivity contribution in [2.45, 2.75) is 37.9 Å². The number of rotatable bonds is 6. The zero-order chi connectivity index (χ0) is 22.9. The molecule has 0 spiro atoms. The molecule has 2 aromatic heterocycles. The molecule has 1 unspecified atom stereocenters. The molecule has 7 nitrogen and oxygen atoms in total. The molecule has 2 aliphatic rings. The Bertz CT molecular complexity index is 1200. The number of aliphatic hydroxyl groups is 1. The number of carboxylic acid groups (broad SMARTS) is 1. The van der Waals surface area contributed by atoms with Gasteiger partial charge in [0, 0.05) is 18.1 Å². The summed E-state index contributed by atoms with van der Waals surface area (Å²) >= 11 is 6.55. The Morgan fingerprint density at radius 2 is 2.03 bits per heavy atom. The lowest BCUT2D eigenvalue weighted by molar-refractivity contribution is -0.141. The van der Waals surface area contributed by atoms with E-state index >= 15 is 0 Å². The van der Waals surface area contributed by atoms with Gasteiger partial charge in [-0.2, -0.15) is 0 Å². The normalized spacial score (nSPS) is 23.0. The number of benzene rings is 1. The van der Waals surface area contributed by atoms with Gasteiger partial charge >= 0.3 is 5.97 Å². The summed E-state index contributed by atoms with van der Waals surface area (Å²) < 4.78 is 11.4. The molecule has 0 radical (unpaired) electrons. The number of fused-ring (bicyclic) bond motifs is 1. The Balaban J connectivity index is 1.34. The summed E-state index contributed by atoms with van der Waals surface area (Å²) in [6.45, 7) is 0.436. The SMILES string of the molecule is O=C(O)C1CC=C(c2ccc(-c3nc4cc(O[C@@H]5CO[C@H](CO)C5)[nH]c4cc3Cl)cc2)CC1. The molecule has 3 N–H and O–H groups in total. The van der Waals surface area contributed by atoms with Gasteiger partial charge in [-0.25, -0.2) is 4.98 Å². The van der Waals surface area contributed by atoms with Crippen LogP contribution in [0.15, 0.2) is 42.5 Å². The van der Waals surface area contributed by atoms with Crippen molar-refractivity contribution in [3.63, 3.8) is 0 Å². The lowest BCUT2D eigenvalue weighted by Crippen LogP contribution is -2.17. The number of aromatic amines is 1. The molecule has 0 amide bonds. The standard InChI is InChI=1S/C25H25ClN2O5/c26-20-10-21-22(11-23(27-21)33-19-9-18(12-29)32-13-19)28-24(20)16-5-1-14(2-6-16)15-3-7-17(8-4-15)25(30)31/h1-3,5-6,10-11,17-19,27,29H,4,7-9,12-13H2,(H,30,31)/t17?,18-,19-/m0/s1. The molecule has 1 aliphatic heterocycles. The number of hydrogen-bond acceptors (Lipinski definition) is 5. The number of carbonyl (C=O) groups is 1. The molecule has 8 heteroatoms. The van der Waals surface area contributed by atoms with Crippen LogP contribution in [0.5, 0.6) is 5.88 Å². The van der Waals surface area contributed by atoms with Gasteiger partial charge in [-0.15, -0.1) is 0 Å². The van der Waals surface area contributed by atoms with Crippen molar-refractivity contribution < 1.29 is 24.5 Å². The van der Waals surface area contributed by atoms with E-state index in [9.17, 15) is 15.0 Å². The smallest absolute Gasteiger partial charge is 0.306 e. The zero-order valence-corrected chi connectivity index (χ0v) is 18.7. The highest BCUT2D eigenvalue weighted by atomic mass is 35.5. The average molecular weight is 469 g/mol. The van der Waals surface area contributed by atoms with Crippen LogP contribution < -0.4 is 4.74 Å². The van der Waals surface area contributed by atoms with E-state index in [4.69, 9.17) is 26.1 Å². The zero-order valence-electron chi connectivity index (χ0n) is 18.0.